The molecule has 2 amide bonds. The Kier molecular flexibility index (Phi) is 7.32. The van der Waals surface area contributed by atoms with Crippen molar-refractivity contribution in [2.24, 2.45) is 0 Å². The highest BCUT2D eigenvalue weighted by atomic mass is 32.1. The van der Waals surface area contributed by atoms with Gasteiger partial charge in [0.1, 0.15) is 22.7 Å². The van der Waals surface area contributed by atoms with Crippen LogP contribution in [0.1, 0.15) is 45.0 Å². The number of thiophene rings is 1. The first-order chi connectivity index (χ1) is 18.4. The maximum atomic E-state index is 13.0. The standard InChI is InChI=1S/C28H27N3O6S/c1-3-36-28(34)31-15-14-21-22(16-31)38-27-24(21)26(33)29-25(30-27)18-7-11-20(12-8-18)37-23(32)13-6-17-4-9-19(35-2)10-5-17/h4-13,25,30H,3,14-16H2,1-2H3,(H,29,33)/b13-6+/t25-/m0/s1. The zero-order chi connectivity index (χ0) is 26.6. The molecular formula is C28H27N3O6S. The van der Waals surface area contributed by atoms with Crippen LogP contribution in [0.25, 0.3) is 6.08 Å². The number of fused-ring (bicyclic) bond motifs is 3. The molecule has 9 nitrogen and oxygen atoms in total. The lowest BCUT2D eigenvalue weighted by Gasteiger charge is -2.28. The molecule has 0 radical (unpaired) electrons. The number of methoxy groups -OCH3 is 1. The van der Waals surface area contributed by atoms with E-state index in [1.54, 1.807) is 49.3 Å². The van der Waals surface area contributed by atoms with Crippen molar-refractivity contribution in [1.82, 2.24) is 10.2 Å². The second kappa shape index (κ2) is 11.0. The first-order valence-electron chi connectivity index (χ1n) is 12.2. The lowest BCUT2D eigenvalue weighted by Crippen LogP contribution is -2.39. The summed E-state index contributed by atoms with van der Waals surface area (Å²) in [6.45, 7) is 3.05. The Balaban J connectivity index is 1.22. The van der Waals surface area contributed by atoms with Crippen molar-refractivity contribution < 1.29 is 28.6 Å². The zero-order valence-electron chi connectivity index (χ0n) is 21.0. The fourth-order valence-electron chi connectivity index (χ4n) is 4.41. The van der Waals surface area contributed by atoms with Crippen LogP contribution < -0.4 is 20.1 Å². The van der Waals surface area contributed by atoms with Gasteiger partial charge in [-0.1, -0.05) is 24.3 Å². The van der Waals surface area contributed by atoms with Gasteiger partial charge in [-0.3, -0.25) is 4.79 Å². The minimum absolute atomic E-state index is 0.148. The van der Waals surface area contributed by atoms with E-state index in [-0.39, 0.29) is 12.0 Å². The maximum Gasteiger partial charge on any atom is 0.410 e. The van der Waals surface area contributed by atoms with Crippen LogP contribution in [-0.4, -0.2) is 43.1 Å². The Hall–Kier alpha value is -4.31. The van der Waals surface area contributed by atoms with Crippen molar-refractivity contribution in [2.45, 2.75) is 26.1 Å². The normalized spacial score (nSPS) is 16.2. The molecule has 196 valence electrons. The van der Waals surface area contributed by atoms with Gasteiger partial charge in [-0.15, -0.1) is 11.3 Å². The molecule has 10 heteroatoms. The summed E-state index contributed by atoms with van der Waals surface area (Å²) in [4.78, 5) is 40.1. The molecular weight excluding hydrogens is 506 g/mol. The van der Waals surface area contributed by atoms with Gasteiger partial charge in [-0.05, 0) is 60.4 Å². The molecule has 0 fully saturated rings. The summed E-state index contributed by atoms with van der Waals surface area (Å²) in [7, 11) is 1.60. The van der Waals surface area contributed by atoms with E-state index in [0.29, 0.717) is 37.4 Å². The van der Waals surface area contributed by atoms with Gasteiger partial charge in [-0.2, -0.15) is 0 Å². The van der Waals surface area contributed by atoms with Gasteiger partial charge in [0.05, 0.1) is 25.8 Å². The van der Waals surface area contributed by atoms with Gasteiger partial charge in [0, 0.05) is 17.5 Å². The molecule has 38 heavy (non-hydrogen) atoms. The monoisotopic (exact) mass is 533 g/mol. The molecule has 0 saturated heterocycles. The number of nitrogens with one attached hydrogen (secondary N) is 2. The molecule has 0 bridgehead atoms. The lowest BCUT2D eigenvalue weighted by molar-refractivity contribution is -0.128. The summed E-state index contributed by atoms with van der Waals surface area (Å²) in [5.74, 6) is 0.490. The zero-order valence-corrected chi connectivity index (χ0v) is 21.8. The second-order valence-electron chi connectivity index (χ2n) is 8.73. The molecule has 0 spiro atoms. The van der Waals surface area contributed by atoms with Crippen LogP contribution in [0.2, 0.25) is 0 Å². The summed E-state index contributed by atoms with van der Waals surface area (Å²) in [5, 5.41) is 7.20. The van der Waals surface area contributed by atoms with Gasteiger partial charge < -0.3 is 29.7 Å². The fourth-order valence-corrected chi connectivity index (χ4v) is 5.70. The van der Waals surface area contributed by atoms with E-state index in [2.05, 4.69) is 10.6 Å². The largest absolute Gasteiger partial charge is 0.497 e. The van der Waals surface area contributed by atoms with E-state index >= 15 is 0 Å². The predicted molar refractivity (Wildman–Crippen MR) is 143 cm³/mol. The SMILES string of the molecule is CCOC(=O)N1CCc2c(sc3c2C(=O)N[C@H](c2ccc(OC(=O)/C=C/c4ccc(OC)cc4)cc2)N3)C1. The Morgan fingerprint density at radius 2 is 1.82 bits per heavy atom. The van der Waals surface area contributed by atoms with Crippen molar-refractivity contribution in [3.05, 3.63) is 81.7 Å². The van der Waals surface area contributed by atoms with Crippen LogP contribution in [0.5, 0.6) is 11.5 Å². The van der Waals surface area contributed by atoms with Gasteiger partial charge >= 0.3 is 12.1 Å². The molecule has 5 rings (SSSR count). The van der Waals surface area contributed by atoms with Crippen LogP contribution in [0.3, 0.4) is 0 Å². The highest BCUT2D eigenvalue weighted by Gasteiger charge is 2.34. The van der Waals surface area contributed by atoms with Crippen LogP contribution >= 0.6 is 11.3 Å². The van der Waals surface area contributed by atoms with Crippen molar-refractivity contribution in [3.63, 3.8) is 0 Å². The number of esters is 1. The highest BCUT2D eigenvalue weighted by Crippen LogP contribution is 2.41. The number of hydrogen-bond acceptors (Lipinski definition) is 8. The van der Waals surface area contributed by atoms with Crippen molar-refractivity contribution in [2.75, 3.05) is 25.6 Å². The predicted octanol–water partition coefficient (Wildman–Crippen LogP) is 4.74. The van der Waals surface area contributed by atoms with Crippen molar-refractivity contribution in [1.29, 1.82) is 0 Å². The molecule has 2 aliphatic rings. The number of ether oxygens (including phenoxy) is 3. The Morgan fingerprint density at radius 1 is 1.08 bits per heavy atom. The molecule has 0 saturated carbocycles. The van der Waals surface area contributed by atoms with E-state index in [1.807, 2.05) is 24.3 Å². The van der Waals surface area contributed by atoms with Gasteiger partial charge in [0.15, 0.2) is 0 Å². The molecule has 1 aromatic heterocycles. The number of carbonyl (C=O) groups is 3. The lowest BCUT2D eigenvalue weighted by atomic mass is 10.0. The minimum atomic E-state index is -0.497. The second-order valence-corrected chi connectivity index (χ2v) is 9.83. The molecule has 3 aromatic rings. The number of benzene rings is 2. The Bertz CT molecular complexity index is 1380. The van der Waals surface area contributed by atoms with Crippen LogP contribution in [0.4, 0.5) is 9.80 Å². The summed E-state index contributed by atoms with van der Waals surface area (Å²) < 4.78 is 15.7. The smallest absolute Gasteiger partial charge is 0.410 e. The van der Waals surface area contributed by atoms with E-state index in [1.165, 1.54) is 17.4 Å². The third kappa shape index (κ3) is 5.35. The van der Waals surface area contributed by atoms with Crippen LogP contribution in [0.15, 0.2) is 54.6 Å². The summed E-state index contributed by atoms with van der Waals surface area (Å²) in [6.07, 6.45) is 2.86. The fraction of sp³-hybridized carbons (Fsp3) is 0.250. The first kappa shape index (κ1) is 25.3. The number of hydrogen-bond donors (Lipinski definition) is 2. The van der Waals surface area contributed by atoms with Crippen LogP contribution in [0, 0.1) is 0 Å². The average molecular weight is 534 g/mol. The van der Waals surface area contributed by atoms with E-state index < -0.39 is 12.1 Å². The molecule has 1 atom stereocenters. The Labute approximate surface area is 224 Å². The molecule has 2 aromatic carbocycles. The minimum Gasteiger partial charge on any atom is -0.497 e. The molecule has 0 aliphatic carbocycles. The quantitative estimate of drug-likeness (QED) is 0.268. The van der Waals surface area contributed by atoms with E-state index in [9.17, 15) is 14.4 Å². The number of anilines is 1. The molecule has 0 unspecified atom stereocenters. The highest BCUT2D eigenvalue weighted by molar-refractivity contribution is 7.16. The van der Waals surface area contributed by atoms with E-state index in [4.69, 9.17) is 14.2 Å². The number of rotatable bonds is 6. The molecule has 2 aliphatic heterocycles. The van der Waals surface area contributed by atoms with Gasteiger partial charge in [0.2, 0.25) is 0 Å². The summed E-state index contributed by atoms with van der Waals surface area (Å²) >= 11 is 1.49. The van der Waals surface area contributed by atoms with Gasteiger partial charge in [-0.25, -0.2) is 9.59 Å². The third-order valence-corrected chi connectivity index (χ3v) is 7.47. The summed E-state index contributed by atoms with van der Waals surface area (Å²) in [6, 6.07) is 14.3. The van der Waals surface area contributed by atoms with Crippen molar-refractivity contribution in [3.8, 4) is 11.5 Å². The molecule has 2 N–H and O–H groups in total. The van der Waals surface area contributed by atoms with Crippen molar-refractivity contribution >= 4 is 40.4 Å². The van der Waals surface area contributed by atoms with Crippen LogP contribution in [-0.2, 0) is 22.5 Å². The third-order valence-electron chi connectivity index (χ3n) is 6.32. The average Bonchev–Trinajstić information content (AvgIpc) is 3.31. The first-order valence-corrected chi connectivity index (χ1v) is 13.0. The topological polar surface area (TPSA) is 106 Å². The molecule has 3 heterocycles. The number of amides is 2. The number of carbonyl (C=O) groups excluding carboxylic acids is 3. The Morgan fingerprint density at radius 3 is 2.53 bits per heavy atom. The van der Waals surface area contributed by atoms with Gasteiger partial charge in [0.25, 0.3) is 5.91 Å². The number of nitrogens with zero attached hydrogens (tertiary/aromatic N) is 1. The summed E-state index contributed by atoms with van der Waals surface area (Å²) in [5.41, 5.74) is 3.30. The maximum absolute atomic E-state index is 13.0. The van der Waals surface area contributed by atoms with E-state index in [0.717, 1.165) is 32.3 Å².